The number of fused-ring (bicyclic) bond motifs is 1. The molecule has 0 unspecified atom stereocenters. The van der Waals surface area contributed by atoms with Crippen LogP contribution in [0, 0.1) is 12.7 Å². The van der Waals surface area contributed by atoms with Crippen molar-refractivity contribution in [2.45, 2.75) is 19.5 Å². The van der Waals surface area contributed by atoms with Gasteiger partial charge in [0.2, 0.25) is 0 Å². The van der Waals surface area contributed by atoms with Crippen molar-refractivity contribution in [1.29, 1.82) is 0 Å². The van der Waals surface area contributed by atoms with Crippen LogP contribution < -0.4 is 10.9 Å². The van der Waals surface area contributed by atoms with Crippen molar-refractivity contribution >= 4 is 10.8 Å². The fourth-order valence-electron chi connectivity index (χ4n) is 3.59. The minimum absolute atomic E-state index is 0.261. The van der Waals surface area contributed by atoms with Gasteiger partial charge in [0.1, 0.15) is 5.82 Å². The van der Waals surface area contributed by atoms with E-state index in [4.69, 9.17) is 0 Å². The van der Waals surface area contributed by atoms with Crippen LogP contribution >= 0.6 is 0 Å². The van der Waals surface area contributed by atoms with Crippen LogP contribution in [0.4, 0.5) is 4.39 Å². The summed E-state index contributed by atoms with van der Waals surface area (Å²) in [6.07, 6.45) is 0. The lowest BCUT2D eigenvalue weighted by atomic mass is 10.0. The van der Waals surface area contributed by atoms with Gasteiger partial charge in [-0.1, -0.05) is 24.3 Å². The molecule has 4 rings (SSSR count). The topological polar surface area (TPSA) is 48.1 Å². The number of aryl methyl sites for hydroxylation is 1. The highest BCUT2D eigenvalue weighted by Crippen LogP contribution is 2.24. The highest BCUT2D eigenvalue weighted by molar-refractivity contribution is 5.87. The van der Waals surface area contributed by atoms with E-state index in [9.17, 15) is 9.18 Å². The smallest absolute Gasteiger partial charge is 0.256 e. The van der Waals surface area contributed by atoms with E-state index in [1.807, 2.05) is 32.2 Å². The number of likely N-dealkylation sites (N-methyl/N-ethyl adjacent to an activating group) is 1. The molecular formula is C21H22FN3O. The van der Waals surface area contributed by atoms with Gasteiger partial charge < -0.3 is 10.3 Å². The van der Waals surface area contributed by atoms with Crippen molar-refractivity contribution in [3.8, 4) is 11.3 Å². The molecule has 26 heavy (non-hydrogen) atoms. The largest absolute Gasteiger partial charge is 0.321 e. The summed E-state index contributed by atoms with van der Waals surface area (Å²) >= 11 is 0. The lowest BCUT2D eigenvalue weighted by Gasteiger charge is -2.39. The first-order valence-corrected chi connectivity index (χ1v) is 8.85. The fraction of sp³-hybridized carbons (Fsp3) is 0.286. The molecule has 1 fully saturated rings. The maximum Gasteiger partial charge on any atom is 0.256 e. The molecule has 134 valence electrons. The molecular weight excluding hydrogens is 329 g/mol. The number of nitrogens with zero attached hydrogens (tertiary/aromatic N) is 1. The normalized spacial score (nSPS) is 15.3. The monoisotopic (exact) mass is 351 g/mol. The van der Waals surface area contributed by atoms with Gasteiger partial charge in [0.25, 0.3) is 5.56 Å². The Kier molecular flexibility index (Phi) is 4.34. The van der Waals surface area contributed by atoms with Crippen LogP contribution in [0.1, 0.15) is 11.1 Å². The Balaban J connectivity index is 1.60. The lowest BCUT2D eigenvalue weighted by Crippen LogP contribution is -2.56. The maximum atomic E-state index is 13.6. The maximum absolute atomic E-state index is 13.6. The highest BCUT2D eigenvalue weighted by atomic mass is 19.1. The molecule has 2 N–H and O–H groups in total. The van der Waals surface area contributed by atoms with Crippen LogP contribution in [-0.4, -0.2) is 36.1 Å². The number of aromatic amines is 1. The predicted octanol–water partition coefficient (Wildman–Crippen LogP) is 3.05. The second-order valence-electron chi connectivity index (χ2n) is 7.07. The van der Waals surface area contributed by atoms with E-state index in [0.29, 0.717) is 11.4 Å². The minimum atomic E-state index is -0.385. The molecule has 1 aromatic heterocycles. The second-order valence-corrected chi connectivity index (χ2v) is 7.07. The third-order valence-corrected chi connectivity index (χ3v) is 5.17. The van der Waals surface area contributed by atoms with Crippen LogP contribution in [0.3, 0.4) is 0 Å². The van der Waals surface area contributed by atoms with E-state index >= 15 is 0 Å². The first-order valence-electron chi connectivity index (χ1n) is 8.85. The first kappa shape index (κ1) is 16.9. The van der Waals surface area contributed by atoms with Crippen molar-refractivity contribution < 1.29 is 4.39 Å². The number of benzene rings is 2. The average molecular weight is 351 g/mol. The van der Waals surface area contributed by atoms with Gasteiger partial charge in [0.05, 0.1) is 5.39 Å². The van der Waals surface area contributed by atoms with Gasteiger partial charge in [-0.05, 0) is 54.2 Å². The van der Waals surface area contributed by atoms with Gasteiger partial charge >= 0.3 is 0 Å². The van der Waals surface area contributed by atoms with Gasteiger partial charge in [-0.25, -0.2) is 4.39 Å². The highest BCUT2D eigenvalue weighted by Gasteiger charge is 2.24. The molecule has 4 nitrogen and oxygen atoms in total. The van der Waals surface area contributed by atoms with Gasteiger partial charge in [0.15, 0.2) is 0 Å². The van der Waals surface area contributed by atoms with Gasteiger partial charge in [-0.3, -0.25) is 9.69 Å². The summed E-state index contributed by atoms with van der Waals surface area (Å²) in [5, 5.41) is 4.45. The Morgan fingerprint density at radius 1 is 1.15 bits per heavy atom. The van der Waals surface area contributed by atoms with Gasteiger partial charge in [0, 0.05) is 31.4 Å². The van der Waals surface area contributed by atoms with Crippen molar-refractivity contribution in [2.24, 2.45) is 0 Å². The first-order chi connectivity index (χ1) is 12.5. The summed E-state index contributed by atoms with van der Waals surface area (Å²) in [6, 6.07) is 13.5. The second kappa shape index (κ2) is 6.67. The third kappa shape index (κ3) is 3.16. The number of hydrogen-bond acceptors (Lipinski definition) is 3. The van der Waals surface area contributed by atoms with Gasteiger partial charge in [-0.2, -0.15) is 0 Å². The molecule has 0 atom stereocenters. The third-order valence-electron chi connectivity index (χ3n) is 5.17. The molecule has 0 radical (unpaired) electrons. The number of H-pyrrole nitrogens is 1. The molecule has 5 heteroatoms. The molecule has 1 aliphatic rings. The summed E-state index contributed by atoms with van der Waals surface area (Å²) in [4.78, 5) is 17.6. The summed E-state index contributed by atoms with van der Waals surface area (Å²) in [5.41, 5.74) is 3.46. The van der Waals surface area contributed by atoms with Crippen molar-refractivity contribution in [2.75, 3.05) is 20.1 Å². The molecule has 0 saturated carbocycles. The van der Waals surface area contributed by atoms with Crippen LogP contribution in [0.25, 0.3) is 22.0 Å². The molecule has 3 aromatic rings. The number of halogens is 1. The SMILES string of the molecule is CNC1CN(Cc2ccc(-c3cc4c(C)cc(F)cc4c(=O)[nH]3)cc2)C1. The minimum Gasteiger partial charge on any atom is -0.321 e. The van der Waals surface area contributed by atoms with Crippen molar-refractivity contribution in [1.82, 2.24) is 15.2 Å². The fourth-order valence-corrected chi connectivity index (χ4v) is 3.59. The number of pyridine rings is 1. The van der Waals surface area contributed by atoms with Crippen LogP contribution in [0.15, 0.2) is 47.3 Å². The predicted molar refractivity (Wildman–Crippen MR) is 103 cm³/mol. The van der Waals surface area contributed by atoms with E-state index in [0.717, 1.165) is 41.8 Å². The van der Waals surface area contributed by atoms with Crippen LogP contribution in [0.2, 0.25) is 0 Å². The quantitative estimate of drug-likeness (QED) is 0.760. The van der Waals surface area contributed by atoms with E-state index in [2.05, 4.69) is 27.3 Å². The molecule has 1 saturated heterocycles. The molecule has 2 heterocycles. The van der Waals surface area contributed by atoms with Crippen molar-refractivity contribution in [3.63, 3.8) is 0 Å². The molecule has 0 amide bonds. The molecule has 1 aliphatic heterocycles. The summed E-state index contributed by atoms with van der Waals surface area (Å²) < 4.78 is 13.6. The molecule has 0 spiro atoms. The number of likely N-dealkylation sites (tertiary alicyclic amines) is 1. The molecule has 2 aromatic carbocycles. The Morgan fingerprint density at radius 3 is 2.58 bits per heavy atom. The zero-order valence-corrected chi connectivity index (χ0v) is 15.0. The van der Waals surface area contributed by atoms with E-state index < -0.39 is 0 Å². The van der Waals surface area contributed by atoms with E-state index in [1.54, 1.807) is 0 Å². The molecule has 0 bridgehead atoms. The Morgan fingerprint density at radius 2 is 1.88 bits per heavy atom. The Hall–Kier alpha value is -2.50. The summed E-state index contributed by atoms with van der Waals surface area (Å²) in [6.45, 7) is 4.91. The number of nitrogens with one attached hydrogen (secondary N) is 2. The number of hydrogen-bond donors (Lipinski definition) is 2. The summed E-state index contributed by atoms with van der Waals surface area (Å²) in [5.74, 6) is -0.385. The van der Waals surface area contributed by atoms with Crippen molar-refractivity contribution in [3.05, 3.63) is 69.8 Å². The standard InChI is InChI=1S/C21H22FN3O/c1-13-7-16(22)8-19-18(13)9-20(24-21(19)26)15-5-3-14(4-6-15)10-25-11-17(12-25)23-2/h3-9,17,23H,10-12H2,1-2H3,(H,24,26). The van der Waals surface area contributed by atoms with E-state index in [1.165, 1.54) is 17.7 Å². The van der Waals surface area contributed by atoms with Gasteiger partial charge in [-0.15, -0.1) is 0 Å². The van der Waals surface area contributed by atoms with E-state index in [-0.39, 0.29) is 11.4 Å². The Bertz CT molecular complexity index is 1000. The molecule has 0 aliphatic carbocycles. The summed E-state index contributed by atoms with van der Waals surface area (Å²) in [7, 11) is 2.00. The average Bonchev–Trinajstić information content (AvgIpc) is 2.59. The number of aromatic nitrogens is 1. The number of rotatable bonds is 4. The Labute approximate surface area is 151 Å². The van der Waals surface area contributed by atoms with Crippen LogP contribution in [0.5, 0.6) is 0 Å². The zero-order chi connectivity index (χ0) is 18.3. The zero-order valence-electron chi connectivity index (χ0n) is 15.0. The van der Waals surface area contributed by atoms with Crippen LogP contribution in [-0.2, 0) is 6.54 Å². The lowest BCUT2D eigenvalue weighted by molar-refractivity contribution is 0.124.